The zero-order valence-electron chi connectivity index (χ0n) is 9.21. The van der Waals surface area contributed by atoms with Gasteiger partial charge in [0.15, 0.2) is 9.84 Å². The minimum Gasteiger partial charge on any atom is -0.365 e. The normalized spacial score (nSPS) is 11.4. The van der Waals surface area contributed by atoms with E-state index < -0.39 is 9.84 Å². The molecule has 0 aliphatic carbocycles. The minimum atomic E-state index is -3.27. The second kappa shape index (κ2) is 4.54. The number of aromatic amines is 1. The summed E-state index contributed by atoms with van der Waals surface area (Å²) in [5.74, 6) is 0.358. The van der Waals surface area contributed by atoms with Gasteiger partial charge in [-0.1, -0.05) is 0 Å². The lowest BCUT2D eigenvalue weighted by molar-refractivity contribution is 0.601. The Balaban J connectivity index is 2.22. The summed E-state index contributed by atoms with van der Waals surface area (Å²) in [6.45, 7) is 0.468. The van der Waals surface area contributed by atoms with Crippen LogP contribution in [0.5, 0.6) is 0 Å². The summed E-state index contributed by atoms with van der Waals surface area (Å²) >= 11 is 0. The molecule has 0 atom stereocenters. The third kappa shape index (κ3) is 2.82. The van der Waals surface area contributed by atoms with E-state index in [1.165, 1.54) is 6.07 Å². The average molecular weight is 252 g/mol. The van der Waals surface area contributed by atoms with Crippen molar-refractivity contribution in [1.82, 2.24) is 15.2 Å². The molecule has 0 aromatic carbocycles. The van der Waals surface area contributed by atoms with E-state index in [0.29, 0.717) is 12.4 Å². The van der Waals surface area contributed by atoms with E-state index in [9.17, 15) is 8.42 Å². The van der Waals surface area contributed by atoms with E-state index in [4.69, 9.17) is 0 Å². The Kier molecular flexibility index (Phi) is 3.10. The number of sulfone groups is 1. The first-order valence-corrected chi connectivity index (χ1v) is 6.83. The molecule has 0 aliphatic heterocycles. The first kappa shape index (κ1) is 11.6. The second-order valence-electron chi connectivity index (χ2n) is 3.58. The number of hydrogen-bond acceptors (Lipinski definition) is 5. The van der Waals surface area contributed by atoms with E-state index in [1.54, 1.807) is 24.7 Å². The van der Waals surface area contributed by atoms with Crippen molar-refractivity contribution in [3.63, 3.8) is 0 Å². The van der Waals surface area contributed by atoms with Gasteiger partial charge in [0.1, 0.15) is 10.7 Å². The zero-order chi connectivity index (χ0) is 12.3. The number of nitrogens with one attached hydrogen (secondary N) is 2. The zero-order valence-corrected chi connectivity index (χ0v) is 10.0. The number of nitrogens with zero attached hydrogens (tertiary/aromatic N) is 2. The van der Waals surface area contributed by atoms with Crippen molar-refractivity contribution in [3.05, 3.63) is 36.3 Å². The molecule has 0 radical (unpaired) electrons. The van der Waals surface area contributed by atoms with Crippen LogP contribution in [0.15, 0.2) is 35.6 Å². The van der Waals surface area contributed by atoms with Crippen molar-refractivity contribution in [2.45, 2.75) is 11.4 Å². The molecule has 0 saturated heterocycles. The van der Waals surface area contributed by atoms with Crippen LogP contribution in [0.3, 0.4) is 0 Å². The van der Waals surface area contributed by atoms with Gasteiger partial charge in [-0.05, 0) is 12.1 Å². The fourth-order valence-electron chi connectivity index (χ4n) is 1.38. The maximum absolute atomic E-state index is 11.5. The Morgan fingerprint density at radius 3 is 2.94 bits per heavy atom. The average Bonchev–Trinajstić information content (AvgIpc) is 2.78. The van der Waals surface area contributed by atoms with Gasteiger partial charge in [-0.2, -0.15) is 5.10 Å². The minimum absolute atomic E-state index is 0.198. The van der Waals surface area contributed by atoms with Crippen LogP contribution < -0.4 is 5.32 Å². The van der Waals surface area contributed by atoms with Gasteiger partial charge in [-0.15, -0.1) is 0 Å². The highest BCUT2D eigenvalue weighted by molar-refractivity contribution is 7.90. The predicted molar refractivity (Wildman–Crippen MR) is 63.3 cm³/mol. The summed E-state index contributed by atoms with van der Waals surface area (Å²) in [5, 5.41) is 9.46. The van der Waals surface area contributed by atoms with Gasteiger partial charge in [-0.25, -0.2) is 13.4 Å². The number of H-pyrrole nitrogens is 1. The molecule has 0 aliphatic rings. The Morgan fingerprint density at radius 2 is 2.29 bits per heavy atom. The number of hydrogen-bond donors (Lipinski definition) is 2. The monoisotopic (exact) mass is 252 g/mol. The first-order chi connectivity index (χ1) is 8.07. The molecule has 2 aromatic rings. The van der Waals surface area contributed by atoms with E-state index in [0.717, 1.165) is 11.8 Å². The van der Waals surface area contributed by atoms with Crippen LogP contribution in [0.1, 0.15) is 5.56 Å². The lowest BCUT2D eigenvalue weighted by Gasteiger charge is -2.08. The molecule has 0 saturated carbocycles. The Labute approximate surface area is 99.0 Å². The van der Waals surface area contributed by atoms with Crippen LogP contribution >= 0.6 is 0 Å². The van der Waals surface area contributed by atoms with E-state index in [-0.39, 0.29) is 4.90 Å². The van der Waals surface area contributed by atoms with Crippen LogP contribution in [0.2, 0.25) is 0 Å². The maximum atomic E-state index is 11.5. The number of rotatable bonds is 4. The Bertz CT molecular complexity index is 593. The molecule has 0 amide bonds. The highest BCUT2D eigenvalue weighted by Gasteiger charge is 2.13. The molecule has 6 nitrogen and oxygen atoms in total. The van der Waals surface area contributed by atoms with Crippen LogP contribution in [0.4, 0.5) is 5.82 Å². The fraction of sp³-hybridized carbons (Fsp3) is 0.200. The van der Waals surface area contributed by atoms with Gasteiger partial charge in [0, 0.05) is 30.8 Å². The summed E-state index contributed by atoms with van der Waals surface area (Å²) in [5.41, 5.74) is 0.926. The summed E-state index contributed by atoms with van der Waals surface area (Å²) < 4.78 is 23.0. The molecule has 0 spiro atoms. The molecule has 90 valence electrons. The third-order valence-electron chi connectivity index (χ3n) is 2.18. The lowest BCUT2D eigenvalue weighted by atomic mass is 10.3. The van der Waals surface area contributed by atoms with Gasteiger partial charge >= 0.3 is 0 Å². The van der Waals surface area contributed by atoms with Gasteiger partial charge < -0.3 is 5.32 Å². The van der Waals surface area contributed by atoms with E-state index in [2.05, 4.69) is 20.5 Å². The molecular weight excluding hydrogens is 240 g/mol. The number of aromatic nitrogens is 3. The molecule has 0 unspecified atom stereocenters. The Hall–Kier alpha value is -1.89. The molecule has 17 heavy (non-hydrogen) atoms. The molecule has 2 rings (SSSR count). The van der Waals surface area contributed by atoms with Gasteiger partial charge in [-0.3, -0.25) is 5.10 Å². The molecule has 2 aromatic heterocycles. The molecule has 7 heteroatoms. The van der Waals surface area contributed by atoms with Gasteiger partial charge in [0.2, 0.25) is 0 Å². The quantitative estimate of drug-likeness (QED) is 0.841. The summed E-state index contributed by atoms with van der Waals surface area (Å²) in [7, 11) is -3.27. The molecular formula is C10H12N4O2S. The molecule has 2 N–H and O–H groups in total. The summed E-state index contributed by atoms with van der Waals surface area (Å²) in [6.07, 6.45) is 6.10. The fourth-order valence-corrected chi connectivity index (χ4v) is 2.18. The highest BCUT2D eigenvalue weighted by atomic mass is 32.2. The smallest absolute Gasteiger partial charge is 0.179 e. The summed E-state index contributed by atoms with van der Waals surface area (Å²) in [6, 6.07) is 3.12. The van der Waals surface area contributed by atoms with E-state index >= 15 is 0 Å². The number of anilines is 1. The van der Waals surface area contributed by atoms with Crippen molar-refractivity contribution >= 4 is 15.7 Å². The van der Waals surface area contributed by atoms with Crippen LogP contribution in [0.25, 0.3) is 0 Å². The summed E-state index contributed by atoms with van der Waals surface area (Å²) in [4.78, 5) is 4.22. The van der Waals surface area contributed by atoms with Crippen molar-refractivity contribution < 1.29 is 8.42 Å². The molecule has 0 fully saturated rings. The maximum Gasteiger partial charge on any atom is 0.179 e. The van der Waals surface area contributed by atoms with Crippen molar-refractivity contribution in [2.24, 2.45) is 0 Å². The topological polar surface area (TPSA) is 87.7 Å². The predicted octanol–water partition coefficient (Wildman–Crippen LogP) is 0.820. The second-order valence-corrected chi connectivity index (χ2v) is 5.57. The standard InChI is InChI=1S/C10H12N4O2S/c1-17(15,16)9-3-2-4-11-10(9)12-5-8-6-13-14-7-8/h2-4,6-7H,5H2,1H3,(H,11,12)(H,13,14). The van der Waals surface area contributed by atoms with Crippen LogP contribution in [-0.4, -0.2) is 29.9 Å². The Morgan fingerprint density at radius 1 is 1.47 bits per heavy atom. The molecule has 0 bridgehead atoms. The largest absolute Gasteiger partial charge is 0.365 e. The van der Waals surface area contributed by atoms with Crippen LogP contribution in [-0.2, 0) is 16.4 Å². The number of pyridine rings is 1. The van der Waals surface area contributed by atoms with Gasteiger partial charge in [0.05, 0.1) is 6.20 Å². The highest BCUT2D eigenvalue weighted by Crippen LogP contribution is 2.18. The lowest BCUT2D eigenvalue weighted by Crippen LogP contribution is -2.07. The third-order valence-corrected chi connectivity index (χ3v) is 3.31. The van der Waals surface area contributed by atoms with Crippen molar-refractivity contribution in [3.8, 4) is 0 Å². The van der Waals surface area contributed by atoms with Crippen molar-refractivity contribution in [1.29, 1.82) is 0 Å². The first-order valence-electron chi connectivity index (χ1n) is 4.94. The SMILES string of the molecule is CS(=O)(=O)c1cccnc1NCc1cn[nH]c1. The van der Waals surface area contributed by atoms with Gasteiger partial charge in [0.25, 0.3) is 0 Å². The molecule has 2 heterocycles. The van der Waals surface area contributed by atoms with Crippen molar-refractivity contribution in [2.75, 3.05) is 11.6 Å². The van der Waals surface area contributed by atoms with Crippen LogP contribution in [0, 0.1) is 0 Å². The van der Waals surface area contributed by atoms with E-state index in [1.807, 2.05) is 0 Å².